The number of hydrogen-bond donors (Lipinski definition) is 1. The van der Waals surface area contributed by atoms with E-state index in [2.05, 4.69) is 52.3 Å². The summed E-state index contributed by atoms with van der Waals surface area (Å²) in [4.78, 5) is 27.8. The topological polar surface area (TPSA) is 76.5 Å². The zero-order valence-electron chi connectivity index (χ0n) is 21.5. The molecule has 0 radical (unpaired) electrons. The standard InChI is InChI=1S/C28H33BrN4O3/c1-18-6-11-24(19(2)16-18)33-25(20-12-14-32(15-13-20)27(35)36-28(3,4)5)23(17-30-33)26(34)31-22-9-7-21(29)8-10-22/h6-11,16-17,20H,12-15H2,1-5H3,(H,31,34). The van der Waals surface area contributed by atoms with E-state index in [0.717, 1.165) is 21.4 Å². The van der Waals surface area contributed by atoms with E-state index in [0.29, 0.717) is 37.2 Å². The molecule has 0 saturated carbocycles. The van der Waals surface area contributed by atoms with Crippen LogP contribution >= 0.6 is 15.9 Å². The lowest BCUT2D eigenvalue weighted by atomic mass is 9.90. The highest BCUT2D eigenvalue weighted by Crippen LogP contribution is 2.34. The maximum Gasteiger partial charge on any atom is 0.410 e. The van der Waals surface area contributed by atoms with Crippen LogP contribution in [-0.4, -0.2) is 45.4 Å². The highest BCUT2D eigenvalue weighted by molar-refractivity contribution is 9.10. The number of halogens is 1. The number of nitrogens with zero attached hydrogens (tertiary/aromatic N) is 3. The molecule has 36 heavy (non-hydrogen) atoms. The molecule has 2 heterocycles. The maximum atomic E-state index is 13.4. The number of nitrogens with one attached hydrogen (secondary N) is 1. The van der Waals surface area contributed by atoms with Gasteiger partial charge in [-0.1, -0.05) is 33.6 Å². The van der Waals surface area contributed by atoms with Gasteiger partial charge in [-0.05, 0) is 83.4 Å². The predicted molar refractivity (Wildman–Crippen MR) is 145 cm³/mol. The summed E-state index contributed by atoms with van der Waals surface area (Å²) in [5.74, 6) is -0.129. The zero-order valence-corrected chi connectivity index (χ0v) is 23.1. The molecule has 1 saturated heterocycles. The zero-order chi connectivity index (χ0) is 26.0. The maximum absolute atomic E-state index is 13.4. The number of likely N-dealkylation sites (tertiary alicyclic amines) is 1. The Morgan fingerprint density at radius 3 is 2.33 bits per heavy atom. The lowest BCUT2D eigenvalue weighted by Crippen LogP contribution is -2.41. The minimum absolute atomic E-state index is 0.0672. The third-order valence-electron chi connectivity index (χ3n) is 6.27. The summed E-state index contributed by atoms with van der Waals surface area (Å²) in [7, 11) is 0. The van der Waals surface area contributed by atoms with Crippen molar-refractivity contribution < 1.29 is 14.3 Å². The summed E-state index contributed by atoms with van der Waals surface area (Å²) in [6.45, 7) is 10.9. The lowest BCUT2D eigenvalue weighted by molar-refractivity contribution is 0.0203. The summed E-state index contributed by atoms with van der Waals surface area (Å²) < 4.78 is 8.41. The van der Waals surface area contributed by atoms with E-state index in [9.17, 15) is 9.59 Å². The largest absolute Gasteiger partial charge is 0.444 e. The van der Waals surface area contributed by atoms with Crippen LogP contribution in [0.4, 0.5) is 10.5 Å². The van der Waals surface area contributed by atoms with Crippen molar-refractivity contribution in [2.24, 2.45) is 0 Å². The Labute approximate surface area is 221 Å². The molecule has 8 heteroatoms. The van der Waals surface area contributed by atoms with E-state index in [4.69, 9.17) is 4.74 Å². The molecule has 0 atom stereocenters. The van der Waals surface area contributed by atoms with Crippen molar-refractivity contribution >= 4 is 33.6 Å². The molecule has 0 bridgehead atoms. The fourth-order valence-corrected chi connectivity index (χ4v) is 4.82. The van der Waals surface area contributed by atoms with Gasteiger partial charge in [-0.2, -0.15) is 5.10 Å². The molecule has 0 aliphatic carbocycles. The molecule has 3 aromatic rings. The number of piperidine rings is 1. The number of aryl methyl sites for hydroxylation is 2. The van der Waals surface area contributed by atoms with Gasteiger partial charge in [0.25, 0.3) is 5.91 Å². The molecule has 2 amide bonds. The molecule has 1 aliphatic rings. The molecule has 190 valence electrons. The number of aromatic nitrogens is 2. The van der Waals surface area contributed by atoms with Gasteiger partial charge >= 0.3 is 6.09 Å². The quantitative estimate of drug-likeness (QED) is 0.394. The number of anilines is 1. The van der Waals surface area contributed by atoms with Gasteiger partial charge < -0.3 is 15.0 Å². The molecule has 4 rings (SSSR count). The lowest BCUT2D eigenvalue weighted by Gasteiger charge is -2.34. The first-order valence-electron chi connectivity index (χ1n) is 12.2. The van der Waals surface area contributed by atoms with E-state index >= 15 is 0 Å². The average Bonchev–Trinajstić information content (AvgIpc) is 3.24. The van der Waals surface area contributed by atoms with Crippen LogP contribution < -0.4 is 5.32 Å². The van der Waals surface area contributed by atoms with Crippen LogP contribution in [0.25, 0.3) is 5.69 Å². The van der Waals surface area contributed by atoms with Gasteiger partial charge in [0.05, 0.1) is 23.1 Å². The summed E-state index contributed by atoms with van der Waals surface area (Å²) in [6, 6.07) is 13.7. The SMILES string of the molecule is Cc1ccc(-n2ncc(C(=O)Nc3ccc(Br)cc3)c2C2CCN(C(=O)OC(C)(C)C)CC2)c(C)c1. The van der Waals surface area contributed by atoms with Gasteiger partial charge in [0, 0.05) is 29.2 Å². The Bertz CT molecular complexity index is 1250. The first kappa shape index (κ1) is 25.9. The highest BCUT2D eigenvalue weighted by atomic mass is 79.9. The fourth-order valence-electron chi connectivity index (χ4n) is 4.55. The van der Waals surface area contributed by atoms with Gasteiger partial charge in [0.1, 0.15) is 5.60 Å². The fraction of sp³-hybridized carbons (Fsp3) is 0.393. The summed E-state index contributed by atoms with van der Waals surface area (Å²) >= 11 is 3.43. The molecule has 0 spiro atoms. The smallest absolute Gasteiger partial charge is 0.410 e. The van der Waals surface area contributed by atoms with Crippen molar-refractivity contribution in [1.29, 1.82) is 0 Å². The van der Waals surface area contributed by atoms with E-state index in [1.807, 2.05) is 55.8 Å². The minimum atomic E-state index is -0.534. The van der Waals surface area contributed by atoms with Gasteiger partial charge in [0.15, 0.2) is 0 Å². The van der Waals surface area contributed by atoms with Crippen molar-refractivity contribution in [3.63, 3.8) is 0 Å². The van der Waals surface area contributed by atoms with Crippen molar-refractivity contribution in [2.45, 2.75) is 59.0 Å². The van der Waals surface area contributed by atoms with E-state index in [1.54, 1.807) is 11.1 Å². The van der Waals surface area contributed by atoms with Gasteiger partial charge in [-0.25, -0.2) is 9.48 Å². The van der Waals surface area contributed by atoms with Gasteiger partial charge in [-0.15, -0.1) is 0 Å². The number of hydrogen-bond acceptors (Lipinski definition) is 4. The van der Waals surface area contributed by atoms with Crippen LogP contribution in [0.5, 0.6) is 0 Å². The molecule has 1 aliphatic heterocycles. The number of rotatable bonds is 4. The molecule has 2 aromatic carbocycles. The number of amides is 2. The third kappa shape index (κ3) is 5.98. The van der Waals surface area contributed by atoms with Crippen LogP contribution in [0.3, 0.4) is 0 Å². The Balaban J connectivity index is 1.64. The second kappa shape index (κ2) is 10.5. The van der Waals surface area contributed by atoms with Crippen molar-refractivity contribution in [1.82, 2.24) is 14.7 Å². The molecule has 1 aromatic heterocycles. The van der Waals surface area contributed by atoms with E-state index in [-0.39, 0.29) is 17.9 Å². The van der Waals surface area contributed by atoms with Crippen molar-refractivity contribution in [2.75, 3.05) is 18.4 Å². The van der Waals surface area contributed by atoms with Crippen molar-refractivity contribution in [3.05, 3.63) is 75.5 Å². The molecule has 1 N–H and O–H groups in total. The van der Waals surface area contributed by atoms with Gasteiger partial charge in [0.2, 0.25) is 0 Å². The van der Waals surface area contributed by atoms with Crippen LogP contribution in [0.15, 0.2) is 53.1 Å². The first-order chi connectivity index (χ1) is 17.0. The molecule has 0 unspecified atom stereocenters. The normalized spacial score (nSPS) is 14.6. The number of carbonyl (C=O) groups is 2. The Morgan fingerprint density at radius 1 is 1.06 bits per heavy atom. The molecular formula is C28H33BrN4O3. The first-order valence-corrected chi connectivity index (χ1v) is 13.0. The summed E-state index contributed by atoms with van der Waals surface area (Å²) in [5.41, 5.74) is 4.82. The Morgan fingerprint density at radius 2 is 1.72 bits per heavy atom. The Hall–Kier alpha value is -3.13. The molecule has 1 fully saturated rings. The second-order valence-corrected chi connectivity index (χ2v) is 11.3. The Kier molecular flexibility index (Phi) is 7.54. The highest BCUT2D eigenvalue weighted by Gasteiger charge is 2.32. The predicted octanol–water partition coefficient (Wildman–Crippen LogP) is 6.62. The van der Waals surface area contributed by atoms with E-state index < -0.39 is 5.60 Å². The van der Waals surface area contributed by atoms with Gasteiger partial charge in [-0.3, -0.25) is 4.79 Å². The minimum Gasteiger partial charge on any atom is -0.444 e. The van der Waals surface area contributed by atoms with Crippen LogP contribution in [-0.2, 0) is 4.74 Å². The summed E-state index contributed by atoms with van der Waals surface area (Å²) in [5, 5.41) is 7.68. The number of carbonyl (C=O) groups excluding carboxylic acids is 2. The van der Waals surface area contributed by atoms with Crippen LogP contribution in [0, 0.1) is 13.8 Å². The van der Waals surface area contributed by atoms with Crippen LogP contribution in [0.2, 0.25) is 0 Å². The number of benzene rings is 2. The molecule has 7 nitrogen and oxygen atoms in total. The third-order valence-corrected chi connectivity index (χ3v) is 6.80. The second-order valence-electron chi connectivity index (χ2n) is 10.3. The van der Waals surface area contributed by atoms with Crippen molar-refractivity contribution in [3.8, 4) is 5.69 Å². The monoisotopic (exact) mass is 552 g/mol. The number of ether oxygens (including phenoxy) is 1. The van der Waals surface area contributed by atoms with Crippen LogP contribution in [0.1, 0.15) is 66.7 Å². The van der Waals surface area contributed by atoms with E-state index in [1.165, 1.54) is 5.56 Å². The molecular weight excluding hydrogens is 520 g/mol. The average molecular weight is 554 g/mol. The summed E-state index contributed by atoms with van der Waals surface area (Å²) in [6.07, 6.45) is 2.79.